The number of nitrogens with zero attached hydrogens (tertiary/aromatic N) is 1. The molecule has 1 amide bonds. The monoisotopic (exact) mass is 315 g/mol. The number of aliphatic hydroxyl groups is 1. The number of hydrogen-bond acceptors (Lipinski definition) is 3. The van der Waals surface area contributed by atoms with E-state index in [1.54, 1.807) is 11.9 Å². The van der Waals surface area contributed by atoms with E-state index in [4.69, 9.17) is 9.84 Å². The molecule has 0 saturated heterocycles. The summed E-state index contributed by atoms with van der Waals surface area (Å²) < 4.78 is 6.06. The summed E-state index contributed by atoms with van der Waals surface area (Å²) in [7, 11) is 1.73. The van der Waals surface area contributed by atoms with Gasteiger partial charge in [-0.05, 0) is 24.6 Å². The number of halogens is 1. The lowest BCUT2D eigenvalue weighted by atomic mass is 10.1. The van der Waals surface area contributed by atoms with Crippen molar-refractivity contribution in [3.63, 3.8) is 0 Å². The maximum Gasteiger partial charge on any atom is 0.253 e. The molecule has 100 valence electrons. The van der Waals surface area contributed by atoms with Gasteiger partial charge in [-0.2, -0.15) is 0 Å². The van der Waals surface area contributed by atoms with Crippen LogP contribution in [0.15, 0.2) is 22.7 Å². The summed E-state index contributed by atoms with van der Waals surface area (Å²) in [5, 5.41) is 8.56. The van der Waals surface area contributed by atoms with Gasteiger partial charge in [-0.25, -0.2) is 0 Å². The second-order valence-electron chi connectivity index (χ2n) is 4.03. The lowest BCUT2D eigenvalue weighted by molar-refractivity contribution is 0.0618. The first-order chi connectivity index (χ1) is 8.56. The van der Waals surface area contributed by atoms with E-state index >= 15 is 0 Å². The van der Waals surface area contributed by atoms with Gasteiger partial charge in [0.1, 0.15) is 0 Å². The van der Waals surface area contributed by atoms with Crippen LogP contribution in [0.25, 0.3) is 0 Å². The minimum absolute atomic E-state index is 0.00255. The summed E-state index contributed by atoms with van der Waals surface area (Å²) in [5.41, 5.74) is 1.75. The van der Waals surface area contributed by atoms with Crippen LogP contribution in [-0.4, -0.2) is 49.3 Å². The van der Waals surface area contributed by atoms with Gasteiger partial charge in [0, 0.05) is 23.6 Å². The third-order valence-electron chi connectivity index (χ3n) is 2.57. The minimum atomic E-state index is -0.0386. The first-order valence-corrected chi connectivity index (χ1v) is 6.55. The topological polar surface area (TPSA) is 49.8 Å². The zero-order valence-electron chi connectivity index (χ0n) is 10.6. The Labute approximate surface area is 116 Å². The number of benzene rings is 1. The lowest BCUT2D eigenvalue weighted by Crippen LogP contribution is -2.30. The number of aliphatic hydroxyl groups excluding tert-OH is 1. The van der Waals surface area contributed by atoms with Gasteiger partial charge in [0.25, 0.3) is 5.91 Å². The fourth-order valence-corrected chi connectivity index (χ4v) is 1.79. The number of ether oxygens (including phenoxy) is 1. The van der Waals surface area contributed by atoms with Gasteiger partial charge >= 0.3 is 0 Å². The first-order valence-electron chi connectivity index (χ1n) is 5.76. The fraction of sp³-hybridized carbons (Fsp3) is 0.462. The second kappa shape index (κ2) is 7.51. The number of carbonyl (C=O) groups excluding carboxylic acids is 1. The smallest absolute Gasteiger partial charge is 0.253 e. The van der Waals surface area contributed by atoms with Crippen LogP contribution < -0.4 is 0 Å². The molecule has 0 heterocycles. The number of rotatable bonds is 6. The minimum Gasteiger partial charge on any atom is -0.394 e. The number of hydrogen-bond donors (Lipinski definition) is 1. The van der Waals surface area contributed by atoms with E-state index in [1.165, 1.54) is 0 Å². The predicted molar refractivity (Wildman–Crippen MR) is 73.7 cm³/mol. The normalized spacial score (nSPS) is 10.4. The van der Waals surface area contributed by atoms with Crippen molar-refractivity contribution in [1.82, 2.24) is 4.90 Å². The molecule has 4 nitrogen and oxygen atoms in total. The van der Waals surface area contributed by atoms with Crippen LogP contribution in [0, 0.1) is 6.92 Å². The van der Waals surface area contributed by atoms with E-state index in [-0.39, 0.29) is 12.5 Å². The number of amides is 1. The molecule has 5 heteroatoms. The Morgan fingerprint density at radius 3 is 2.78 bits per heavy atom. The van der Waals surface area contributed by atoms with Crippen LogP contribution in [0.3, 0.4) is 0 Å². The van der Waals surface area contributed by atoms with Crippen molar-refractivity contribution in [2.24, 2.45) is 0 Å². The van der Waals surface area contributed by atoms with Crippen molar-refractivity contribution in [3.8, 4) is 0 Å². The molecule has 0 fully saturated rings. The molecule has 1 N–H and O–H groups in total. The zero-order valence-corrected chi connectivity index (χ0v) is 12.2. The van der Waals surface area contributed by atoms with Crippen molar-refractivity contribution in [1.29, 1.82) is 0 Å². The van der Waals surface area contributed by atoms with Gasteiger partial charge in [0.2, 0.25) is 0 Å². The Morgan fingerprint density at radius 2 is 2.17 bits per heavy atom. The molecule has 18 heavy (non-hydrogen) atoms. The van der Waals surface area contributed by atoms with E-state index in [2.05, 4.69) is 15.9 Å². The lowest BCUT2D eigenvalue weighted by Gasteiger charge is -2.17. The first kappa shape index (κ1) is 15.1. The molecule has 0 radical (unpaired) electrons. The number of carbonyl (C=O) groups is 1. The summed E-state index contributed by atoms with van der Waals surface area (Å²) >= 11 is 3.41. The third-order valence-corrected chi connectivity index (χ3v) is 3.43. The Balaban J connectivity index is 2.54. The van der Waals surface area contributed by atoms with E-state index < -0.39 is 0 Å². The van der Waals surface area contributed by atoms with E-state index in [1.807, 2.05) is 25.1 Å². The molecule has 0 aliphatic heterocycles. The van der Waals surface area contributed by atoms with Crippen molar-refractivity contribution >= 4 is 21.8 Å². The predicted octanol–water partition coefficient (Wildman–Crippen LogP) is 1.84. The van der Waals surface area contributed by atoms with E-state index in [9.17, 15) is 4.79 Å². The highest BCUT2D eigenvalue weighted by molar-refractivity contribution is 9.10. The molecule has 0 spiro atoms. The Morgan fingerprint density at radius 1 is 1.44 bits per heavy atom. The maximum atomic E-state index is 12.1. The summed E-state index contributed by atoms with van der Waals surface area (Å²) in [6, 6.07) is 5.55. The van der Waals surface area contributed by atoms with Crippen molar-refractivity contribution in [3.05, 3.63) is 33.8 Å². The number of aryl methyl sites for hydroxylation is 1. The quantitative estimate of drug-likeness (QED) is 0.815. The standard InChI is InChI=1S/C13H18BrNO3/c1-10-3-4-11(9-12(10)14)13(17)15(2)5-7-18-8-6-16/h3-4,9,16H,5-8H2,1-2H3. The summed E-state index contributed by atoms with van der Waals surface area (Å²) in [5.74, 6) is -0.0386. The van der Waals surface area contributed by atoms with Crippen LogP contribution in [-0.2, 0) is 4.74 Å². The highest BCUT2D eigenvalue weighted by Gasteiger charge is 2.12. The molecule has 1 aromatic carbocycles. The molecule has 0 bridgehead atoms. The average molecular weight is 316 g/mol. The van der Waals surface area contributed by atoms with Gasteiger partial charge in [-0.1, -0.05) is 22.0 Å². The molecule has 0 saturated carbocycles. The summed E-state index contributed by atoms with van der Waals surface area (Å²) in [6.07, 6.45) is 0. The van der Waals surface area contributed by atoms with Crippen LogP contribution >= 0.6 is 15.9 Å². The van der Waals surface area contributed by atoms with E-state index in [0.29, 0.717) is 25.3 Å². The highest BCUT2D eigenvalue weighted by Crippen LogP contribution is 2.18. The highest BCUT2D eigenvalue weighted by atomic mass is 79.9. The number of likely N-dealkylation sites (N-methyl/N-ethyl adjacent to an activating group) is 1. The second-order valence-corrected chi connectivity index (χ2v) is 4.88. The average Bonchev–Trinajstić information content (AvgIpc) is 2.37. The molecule has 1 aromatic rings. The van der Waals surface area contributed by atoms with Crippen molar-refractivity contribution in [2.45, 2.75) is 6.92 Å². The Kier molecular flexibility index (Phi) is 6.32. The van der Waals surface area contributed by atoms with Gasteiger partial charge < -0.3 is 14.7 Å². The van der Waals surface area contributed by atoms with Gasteiger partial charge in [0.05, 0.1) is 19.8 Å². The van der Waals surface area contributed by atoms with Crippen molar-refractivity contribution in [2.75, 3.05) is 33.4 Å². The fourth-order valence-electron chi connectivity index (χ4n) is 1.42. The zero-order chi connectivity index (χ0) is 13.5. The summed E-state index contributed by atoms with van der Waals surface area (Å²) in [6.45, 7) is 3.21. The molecular formula is C13H18BrNO3. The summed E-state index contributed by atoms with van der Waals surface area (Å²) in [4.78, 5) is 13.7. The van der Waals surface area contributed by atoms with Gasteiger partial charge in [-0.15, -0.1) is 0 Å². The van der Waals surface area contributed by atoms with E-state index in [0.717, 1.165) is 10.0 Å². The third kappa shape index (κ3) is 4.40. The molecular weight excluding hydrogens is 298 g/mol. The van der Waals surface area contributed by atoms with Crippen LogP contribution in [0.2, 0.25) is 0 Å². The maximum absolute atomic E-state index is 12.1. The van der Waals surface area contributed by atoms with Crippen molar-refractivity contribution < 1.29 is 14.6 Å². The molecule has 0 atom stereocenters. The Hall–Kier alpha value is -0.910. The van der Waals surface area contributed by atoms with Gasteiger partial charge in [0.15, 0.2) is 0 Å². The van der Waals surface area contributed by atoms with Crippen LogP contribution in [0.1, 0.15) is 15.9 Å². The molecule has 0 aromatic heterocycles. The molecule has 1 rings (SSSR count). The SMILES string of the molecule is Cc1ccc(C(=O)N(C)CCOCCO)cc1Br. The molecule has 0 aliphatic carbocycles. The van der Waals surface area contributed by atoms with Gasteiger partial charge in [-0.3, -0.25) is 4.79 Å². The molecule has 0 unspecified atom stereocenters. The Bertz CT molecular complexity index is 409. The van der Waals surface area contributed by atoms with Crippen LogP contribution in [0.4, 0.5) is 0 Å². The molecule has 0 aliphatic rings. The largest absolute Gasteiger partial charge is 0.394 e. The van der Waals surface area contributed by atoms with Crippen LogP contribution in [0.5, 0.6) is 0 Å².